The summed E-state index contributed by atoms with van der Waals surface area (Å²) >= 11 is 28.4. The monoisotopic (exact) mass is 1000 g/mol. The van der Waals surface area contributed by atoms with E-state index in [0.717, 1.165) is 39.2 Å². The van der Waals surface area contributed by atoms with Gasteiger partial charge in [-0.1, -0.05) is 112 Å². The molecule has 6 nitrogen and oxygen atoms in total. The topological polar surface area (TPSA) is 66.0 Å². The van der Waals surface area contributed by atoms with Gasteiger partial charge in [0.05, 0.1) is 8.07 Å². The Morgan fingerprint density at radius 2 is 0.787 bits per heavy atom. The molecule has 5 aliphatic carbocycles. The van der Waals surface area contributed by atoms with Crippen LogP contribution in [0.2, 0.25) is 24.2 Å². The van der Waals surface area contributed by atoms with Gasteiger partial charge in [-0.2, -0.15) is 88.4 Å². The van der Waals surface area contributed by atoms with Crippen molar-refractivity contribution in [3.63, 3.8) is 0 Å². The van der Waals surface area contributed by atoms with E-state index in [4.69, 9.17) is 0 Å². The first kappa shape index (κ1) is 64.2. The van der Waals surface area contributed by atoms with E-state index in [1.54, 1.807) is 76.7 Å². The number of rotatable bonds is 17. The molecule has 1 aromatic rings. The van der Waals surface area contributed by atoms with Crippen molar-refractivity contribution in [1.29, 1.82) is 0 Å². The third-order valence-corrected chi connectivity index (χ3v) is 21.5. The van der Waals surface area contributed by atoms with Gasteiger partial charge >= 0.3 is 17.1 Å². The molecule has 6 atom stereocenters. The molecule has 14 heteroatoms. The van der Waals surface area contributed by atoms with Gasteiger partial charge in [0.1, 0.15) is 0 Å². The first-order valence-corrected chi connectivity index (χ1v) is 32.4. The molecule has 0 spiro atoms. The van der Waals surface area contributed by atoms with Gasteiger partial charge in [0.2, 0.25) is 0 Å². The summed E-state index contributed by atoms with van der Waals surface area (Å²) in [6.07, 6.45) is 27.9. The third kappa shape index (κ3) is 22.6. The molecule has 0 saturated heterocycles. The van der Waals surface area contributed by atoms with E-state index in [0.29, 0.717) is 30.9 Å². The van der Waals surface area contributed by atoms with E-state index < -0.39 is 25.1 Å². The summed E-state index contributed by atoms with van der Waals surface area (Å²) in [6.45, 7) is 13.2. The normalized spacial score (nSPS) is 22.5. The highest BCUT2D eigenvalue weighted by Crippen LogP contribution is 2.58. The molecule has 0 aliphatic heterocycles. The van der Waals surface area contributed by atoms with Gasteiger partial charge in [-0.25, -0.2) is 28.1 Å². The minimum atomic E-state index is -1.02. The maximum Gasteiger partial charge on any atom is 0.336 e. The van der Waals surface area contributed by atoms with Gasteiger partial charge in [0, 0.05) is 19.6 Å². The SMILES string of the molecule is C1CC2C3CCC(C3)C2C1.C1CCC2CCCC2C1.CC.CC.CCCCn1c(=O)n(CCCS)c(=O)n(CCCS)c1=O.CCC[Si](CCS)(CCS)CCS.CS.CS. The van der Waals surface area contributed by atoms with Crippen LogP contribution in [0.4, 0.5) is 0 Å². The molecule has 0 N–H and O–H groups in total. The number of aromatic nitrogens is 3. The smallest absolute Gasteiger partial charge is 0.247 e. The van der Waals surface area contributed by atoms with Crippen LogP contribution >= 0.6 is 88.4 Å². The summed E-state index contributed by atoms with van der Waals surface area (Å²) in [7, 11) is -1.02. The zero-order chi connectivity index (χ0) is 46.6. The molecule has 364 valence electrons. The molecule has 6 unspecified atom stereocenters. The lowest BCUT2D eigenvalue weighted by Gasteiger charge is -2.30. The lowest BCUT2D eigenvalue weighted by Crippen LogP contribution is -2.54. The van der Waals surface area contributed by atoms with Crippen LogP contribution in [0, 0.1) is 35.5 Å². The number of thiol groups is 7. The molecule has 5 saturated carbocycles. The number of hydrogen-bond donors (Lipinski definition) is 7. The van der Waals surface area contributed by atoms with Crippen molar-refractivity contribution in [2.75, 3.05) is 41.3 Å². The fourth-order valence-electron chi connectivity index (χ4n) is 10.7. The van der Waals surface area contributed by atoms with Gasteiger partial charge < -0.3 is 0 Å². The van der Waals surface area contributed by atoms with E-state index in [-0.39, 0.29) is 13.1 Å². The Kier molecular flexibility index (Phi) is 43.4. The Balaban J connectivity index is 0. The number of nitrogens with zero attached hydrogens (tertiary/aromatic N) is 3. The highest BCUT2D eigenvalue weighted by atomic mass is 32.1. The molecule has 0 radical (unpaired) electrons. The summed E-state index contributed by atoms with van der Waals surface area (Å²) in [5, 5.41) is 0. The molecule has 0 amide bonds. The molecular weight excluding hydrogens is 907 g/mol. The van der Waals surface area contributed by atoms with E-state index >= 15 is 0 Å². The summed E-state index contributed by atoms with van der Waals surface area (Å²) < 4.78 is 3.46. The highest BCUT2D eigenvalue weighted by molar-refractivity contribution is 7.81. The van der Waals surface area contributed by atoms with Crippen LogP contribution in [0.15, 0.2) is 14.4 Å². The highest BCUT2D eigenvalue weighted by Gasteiger charge is 2.48. The summed E-state index contributed by atoms with van der Waals surface area (Å²) in [5.74, 6) is 11.4. The van der Waals surface area contributed by atoms with Crippen LogP contribution in [-0.2, 0) is 19.6 Å². The van der Waals surface area contributed by atoms with Crippen molar-refractivity contribution >= 4 is 96.5 Å². The number of fused-ring (bicyclic) bond motifs is 6. The largest absolute Gasteiger partial charge is 0.336 e. The zero-order valence-electron chi connectivity index (χ0n) is 40.4. The van der Waals surface area contributed by atoms with Crippen molar-refractivity contribution in [3.05, 3.63) is 31.5 Å². The van der Waals surface area contributed by atoms with Crippen molar-refractivity contribution in [3.8, 4) is 0 Å². The van der Waals surface area contributed by atoms with Gasteiger partial charge in [-0.3, -0.25) is 0 Å². The zero-order valence-corrected chi connectivity index (χ0v) is 47.6. The molecule has 5 aliphatic rings. The van der Waals surface area contributed by atoms with Crippen molar-refractivity contribution in [1.82, 2.24) is 13.7 Å². The Morgan fingerprint density at radius 3 is 1.11 bits per heavy atom. The predicted octanol–water partition coefficient (Wildman–Crippen LogP) is 13.2. The minimum absolute atomic E-state index is 0.286. The number of hydrogen-bond acceptors (Lipinski definition) is 10. The van der Waals surface area contributed by atoms with E-state index in [9.17, 15) is 14.4 Å². The lowest BCUT2D eigenvalue weighted by molar-refractivity contribution is 0.259. The molecule has 61 heavy (non-hydrogen) atoms. The van der Waals surface area contributed by atoms with Crippen LogP contribution in [0.25, 0.3) is 0 Å². The standard InChI is InChI=1S/C13H23N3O3S2.C10H16.C9H22S3Si.C9H16.2C2H6.2CH4S/c1-2-3-6-14-11(17)15(7-4-9-20)13(19)16(12(14)18)8-5-10-21;1-2-9-7-4-5-8(6-7)10(9)3-1;1-2-6-13(7-3-10,8-4-11)9-5-12;1-2-5-9-7-3-6-8(9)4-1;4*1-2/h20-21H,2-10H2,1H3;7-10H,1-6H2;10-12H,2-9H2,1H3;8-9H,1-7H2;2*1-2H3;2*2H,1H3. The minimum Gasteiger partial charge on any atom is -0.247 e. The second kappa shape index (κ2) is 41.3. The molecule has 2 bridgehead atoms. The second-order valence-electron chi connectivity index (χ2n) is 16.8. The van der Waals surface area contributed by atoms with E-state index in [1.807, 2.05) is 34.6 Å². The van der Waals surface area contributed by atoms with Crippen molar-refractivity contribution in [2.45, 2.75) is 201 Å². The van der Waals surface area contributed by atoms with Crippen LogP contribution in [0.5, 0.6) is 0 Å². The molecule has 5 fully saturated rings. The van der Waals surface area contributed by atoms with Gasteiger partial charge in [-0.05, 0) is 146 Å². The second-order valence-corrected chi connectivity index (χ2v) is 24.0. The fourth-order valence-corrected chi connectivity index (χ4v) is 19.3. The number of unbranched alkanes of at least 4 members (excludes halogenated alkanes) is 1. The summed E-state index contributed by atoms with van der Waals surface area (Å²) in [6, 6.07) is 5.50. The average molecular weight is 1000 g/mol. The molecule has 6 rings (SSSR count). The Morgan fingerprint density at radius 1 is 0.443 bits per heavy atom. The first-order valence-electron chi connectivity index (χ1n) is 24.6. The average Bonchev–Trinajstić information content (AvgIpc) is 4.13. The van der Waals surface area contributed by atoms with Crippen LogP contribution < -0.4 is 17.1 Å². The van der Waals surface area contributed by atoms with Crippen LogP contribution in [0.1, 0.15) is 157 Å². The van der Waals surface area contributed by atoms with Gasteiger partial charge in [0.25, 0.3) is 0 Å². The van der Waals surface area contributed by atoms with Gasteiger partial charge in [0.15, 0.2) is 0 Å². The fraction of sp³-hybridized carbons (Fsp3) is 0.936. The molecule has 1 heterocycles. The van der Waals surface area contributed by atoms with E-state index in [2.05, 4.69) is 95.3 Å². The van der Waals surface area contributed by atoms with Crippen LogP contribution in [0.3, 0.4) is 0 Å². The van der Waals surface area contributed by atoms with Crippen molar-refractivity contribution < 1.29 is 0 Å². The summed E-state index contributed by atoms with van der Waals surface area (Å²) in [4.78, 5) is 37.0. The Hall–Kier alpha value is 1.08. The predicted molar refractivity (Wildman–Crippen MR) is 301 cm³/mol. The maximum atomic E-state index is 12.3. The Labute approximate surface area is 416 Å². The third-order valence-electron chi connectivity index (χ3n) is 13.5. The summed E-state index contributed by atoms with van der Waals surface area (Å²) in [5.41, 5.74) is -1.55. The molecule has 1 aromatic heterocycles. The Bertz CT molecular complexity index is 1170. The van der Waals surface area contributed by atoms with Crippen molar-refractivity contribution in [2.24, 2.45) is 35.5 Å². The van der Waals surface area contributed by atoms with Gasteiger partial charge in [-0.15, -0.1) is 0 Å². The van der Waals surface area contributed by atoms with Crippen LogP contribution in [-0.4, -0.2) is 63.1 Å². The molecule has 0 aromatic carbocycles. The quantitative estimate of drug-likeness (QED) is 0.0629. The lowest BCUT2D eigenvalue weighted by atomic mass is 9.82. The molecular formula is C47H97N3O3S7Si. The first-order chi connectivity index (χ1) is 29.7. The maximum absolute atomic E-state index is 12.3. The van der Waals surface area contributed by atoms with E-state index in [1.165, 1.54) is 89.9 Å².